The van der Waals surface area contributed by atoms with Crippen molar-refractivity contribution in [1.82, 2.24) is 10.6 Å². The quantitative estimate of drug-likeness (QED) is 0.712. The van der Waals surface area contributed by atoms with E-state index in [0.29, 0.717) is 0 Å². The molecule has 94 valence electrons. The Hall–Kier alpha value is -0.990. The average Bonchev–Trinajstić information content (AvgIpc) is 1.90. The summed E-state index contributed by atoms with van der Waals surface area (Å²) in [5.74, 6) is -6.01. The molecule has 1 fully saturated rings. The molecule has 1 saturated heterocycles. The molecular weight excluding hydrogens is 242 g/mol. The molecule has 1 rings (SSSR count). The van der Waals surface area contributed by atoms with E-state index in [1.165, 1.54) is 0 Å². The largest absolute Gasteiger partial charge is 0.409 e. The van der Waals surface area contributed by atoms with Crippen LogP contribution in [0.2, 0.25) is 0 Å². The van der Waals surface area contributed by atoms with Crippen LogP contribution in [0.4, 0.5) is 26.3 Å². The summed E-state index contributed by atoms with van der Waals surface area (Å²) in [6.45, 7) is 0.350. The van der Waals surface area contributed by atoms with Crippen LogP contribution in [0.5, 0.6) is 0 Å². The van der Waals surface area contributed by atoms with Crippen LogP contribution in [0, 0.1) is 5.92 Å². The van der Waals surface area contributed by atoms with Crippen LogP contribution in [0.15, 0.2) is 0 Å². The molecule has 0 atom stereocenters. The van der Waals surface area contributed by atoms with Crippen LogP contribution in [0.1, 0.15) is 0 Å². The summed E-state index contributed by atoms with van der Waals surface area (Å²) in [5.41, 5.74) is 0. The Morgan fingerprint density at radius 1 is 1.12 bits per heavy atom. The van der Waals surface area contributed by atoms with Crippen LogP contribution in [0.3, 0.4) is 0 Å². The van der Waals surface area contributed by atoms with E-state index in [1.54, 1.807) is 5.32 Å². The van der Waals surface area contributed by atoms with Gasteiger partial charge in [-0.15, -0.1) is 0 Å². The molecule has 0 unspecified atom stereocenters. The van der Waals surface area contributed by atoms with Gasteiger partial charge in [0.05, 0.1) is 6.04 Å². The zero-order valence-electron chi connectivity index (χ0n) is 7.74. The van der Waals surface area contributed by atoms with Gasteiger partial charge in [-0.25, -0.2) is 0 Å². The summed E-state index contributed by atoms with van der Waals surface area (Å²) in [6, 6.07) is -0.667. The summed E-state index contributed by atoms with van der Waals surface area (Å²) in [4.78, 5) is 10.9. The van der Waals surface area contributed by atoms with Crippen molar-refractivity contribution >= 4 is 5.91 Å². The van der Waals surface area contributed by atoms with E-state index in [1.807, 2.05) is 0 Å². The van der Waals surface area contributed by atoms with Gasteiger partial charge in [-0.1, -0.05) is 0 Å². The molecule has 0 aromatic carbocycles. The summed E-state index contributed by atoms with van der Waals surface area (Å²) < 4.78 is 72.3. The lowest BCUT2D eigenvalue weighted by Crippen LogP contribution is -2.60. The summed E-state index contributed by atoms with van der Waals surface area (Å²) >= 11 is 0. The van der Waals surface area contributed by atoms with E-state index in [9.17, 15) is 31.1 Å². The Morgan fingerprint density at radius 3 is 1.81 bits per heavy atom. The van der Waals surface area contributed by atoms with Gasteiger partial charge in [0.1, 0.15) is 0 Å². The van der Waals surface area contributed by atoms with Gasteiger partial charge in [0.25, 0.3) is 0 Å². The van der Waals surface area contributed by atoms with Crippen LogP contribution in [-0.2, 0) is 4.79 Å². The number of hydrogen-bond acceptors (Lipinski definition) is 2. The summed E-state index contributed by atoms with van der Waals surface area (Å²) in [7, 11) is 0. The number of alkyl halides is 6. The number of halogens is 6. The number of rotatable bonds is 2. The van der Waals surface area contributed by atoms with Crippen LogP contribution >= 0.6 is 0 Å². The number of nitrogens with one attached hydrogen (secondary N) is 2. The number of hydrogen-bond donors (Lipinski definition) is 2. The van der Waals surface area contributed by atoms with Gasteiger partial charge in [-0.3, -0.25) is 4.79 Å². The molecule has 0 spiro atoms. The van der Waals surface area contributed by atoms with Crippen LogP contribution < -0.4 is 10.6 Å². The second-order valence-corrected chi connectivity index (χ2v) is 3.38. The zero-order valence-corrected chi connectivity index (χ0v) is 7.74. The molecule has 1 heterocycles. The molecule has 0 bridgehead atoms. The maximum atomic E-state index is 12.0. The van der Waals surface area contributed by atoms with Crippen molar-refractivity contribution in [1.29, 1.82) is 0 Å². The monoisotopic (exact) mass is 250 g/mol. The van der Waals surface area contributed by atoms with E-state index >= 15 is 0 Å². The van der Waals surface area contributed by atoms with Crippen molar-refractivity contribution in [2.75, 3.05) is 13.1 Å². The number of carbonyl (C=O) groups is 1. The Morgan fingerprint density at radius 2 is 1.56 bits per heavy atom. The lowest BCUT2D eigenvalue weighted by Gasteiger charge is -2.30. The van der Waals surface area contributed by atoms with Crippen molar-refractivity contribution < 1.29 is 31.1 Å². The average molecular weight is 250 g/mol. The van der Waals surface area contributed by atoms with Crippen molar-refractivity contribution in [3.63, 3.8) is 0 Å². The minimum Gasteiger partial charge on any atom is -0.350 e. The molecular formula is C7H8F6N2O. The van der Waals surface area contributed by atoms with Gasteiger partial charge >= 0.3 is 12.4 Å². The van der Waals surface area contributed by atoms with Gasteiger partial charge in [-0.2, -0.15) is 26.3 Å². The fourth-order valence-electron chi connectivity index (χ4n) is 1.16. The highest BCUT2D eigenvalue weighted by molar-refractivity contribution is 5.80. The fourth-order valence-corrected chi connectivity index (χ4v) is 1.16. The molecule has 0 saturated carbocycles. The van der Waals surface area contributed by atoms with E-state index in [4.69, 9.17) is 0 Å². The highest BCUT2D eigenvalue weighted by Gasteiger charge is 2.61. The summed E-state index contributed by atoms with van der Waals surface area (Å²) in [6.07, 6.45) is -11.3. The molecule has 1 aliphatic rings. The van der Waals surface area contributed by atoms with Crippen molar-refractivity contribution in [2.24, 2.45) is 5.92 Å². The molecule has 0 aromatic heterocycles. The van der Waals surface area contributed by atoms with Gasteiger partial charge in [0, 0.05) is 13.1 Å². The molecule has 3 nitrogen and oxygen atoms in total. The van der Waals surface area contributed by atoms with E-state index < -0.39 is 30.2 Å². The minimum atomic E-state index is -5.63. The maximum absolute atomic E-state index is 12.0. The number of carbonyl (C=O) groups excluding carboxylic acids is 1. The Kier molecular flexibility index (Phi) is 3.36. The molecule has 1 aliphatic heterocycles. The van der Waals surface area contributed by atoms with Gasteiger partial charge in [-0.05, 0) is 0 Å². The van der Waals surface area contributed by atoms with Crippen LogP contribution in [-0.4, -0.2) is 37.4 Å². The number of amides is 1. The van der Waals surface area contributed by atoms with E-state index in [-0.39, 0.29) is 13.1 Å². The third kappa shape index (κ3) is 3.00. The molecule has 2 N–H and O–H groups in total. The Labute approximate surface area is 86.2 Å². The highest BCUT2D eigenvalue weighted by atomic mass is 19.4. The third-order valence-electron chi connectivity index (χ3n) is 2.04. The predicted molar refractivity (Wildman–Crippen MR) is 40.4 cm³/mol. The second kappa shape index (κ2) is 4.11. The first-order valence-corrected chi connectivity index (χ1v) is 4.27. The Bertz CT molecular complexity index is 255. The smallest absolute Gasteiger partial charge is 0.350 e. The van der Waals surface area contributed by atoms with E-state index in [2.05, 4.69) is 5.32 Å². The minimum absolute atomic E-state index is 0.175. The first kappa shape index (κ1) is 13.1. The molecule has 0 aromatic rings. The molecule has 0 radical (unpaired) electrons. The third-order valence-corrected chi connectivity index (χ3v) is 2.04. The normalized spacial score (nSPS) is 18.4. The predicted octanol–water partition coefficient (Wildman–Crippen LogP) is 0.815. The molecule has 9 heteroatoms. The molecule has 16 heavy (non-hydrogen) atoms. The molecule has 0 aliphatic carbocycles. The Balaban J connectivity index is 2.72. The van der Waals surface area contributed by atoms with Crippen LogP contribution in [0.25, 0.3) is 0 Å². The highest BCUT2D eigenvalue weighted by Crippen LogP contribution is 2.39. The van der Waals surface area contributed by atoms with Gasteiger partial charge < -0.3 is 10.6 Å². The topological polar surface area (TPSA) is 41.1 Å². The van der Waals surface area contributed by atoms with E-state index in [0.717, 1.165) is 0 Å². The lowest BCUT2D eigenvalue weighted by molar-refractivity contribution is -0.274. The van der Waals surface area contributed by atoms with Crippen molar-refractivity contribution in [3.8, 4) is 0 Å². The zero-order chi connectivity index (χ0) is 12.6. The fraction of sp³-hybridized carbons (Fsp3) is 0.857. The standard InChI is InChI=1S/C7H8F6N2O/c8-6(9,10)4(7(11,12)13)5(16)15-3-1-14-2-3/h3-4,14H,1-2H2,(H,15,16). The first-order chi connectivity index (χ1) is 7.12. The van der Waals surface area contributed by atoms with Crippen molar-refractivity contribution in [3.05, 3.63) is 0 Å². The van der Waals surface area contributed by atoms with Gasteiger partial charge in [0.15, 0.2) is 0 Å². The van der Waals surface area contributed by atoms with Gasteiger partial charge in [0.2, 0.25) is 11.8 Å². The first-order valence-electron chi connectivity index (χ1n) is 4.27. The van der Waals surface area contributed by atoms with Crippen molar-refractivity contribution in [2.45, 2.75) is 18.4 Å². The summed E-state index contributed by atoms with van der Waals surface area (Å²) in [5, 5.41) is 4.29. The SMILES string of the molecule is O=C(NC1CNC1)C(C(F)(F)F)C(F)(F)F. The maximum Gasteiger partial charge on any atom is 0.409 e. The second-order valence-electron chi connectivity index (χ2n) is 3.38. The lowest BCUT2D eigenvalue weighted by atomic mass is 10.1. The molecule has 1 amide bonds.